The van der Waals surface area contributed by atoms with E-state index in [9.17, 15) is 9.59 Å². The summed E-state index contributed by atoms with van der Waals surface area (Å²) in [6.07, 6.45) is -0.668. The molecule has 0 heterocycles. The van der Waals surface area contributed by atoms with Gasteiger partial charge in [0.1, 0.15) is 5.75 Å². The molecule has 0 bridgehead atoms. The number of anilines is 1. The minimum atomic E-state index is -0.668. The molecule has 22 heavy (non-hydrogen) atoms. The van der Waals surface area contributed by atoms with Gasteiger partial charge in [0.2, 0.25) is 0 Å². The molecule has 0 aliphatic rings. The number of nitrogens with one attached hydrogen (secondary N) is 1. The van der Waals surface area contributed by atoms with E-state index >= 15 is 0 Å². The van der Waals surface area contributed by atoms with Crippen molar-refractivity contribution < 1.29 is 14.3 Å². The van der Waals surface area contributed by atoms with Gasteiger partial charge in [0, 0.05) is 16.3 Å². The van der Waals surface area contributed by atoms with Crippen molar-refractivity contribution in [3.8, 4) is 5.75 Å². The van der Waals surface area contributed by atoms with Crippen LogP contribution in [-0.2, 0) is 4.79 Å². The van der Waals surface area contributed by atoms with E-state index in [2.05, 4.69) is 5.32 Å². The van der Waals surface area contributed by atoms with Crippen molar-refractivity contribution in [1.29, 1.82) is 0 Å². The molecule has 0 saturated heterocycles. The van der Waals surface area contributed by atoms with Gasteiger partial charge in [0.15, 0.2) is 11.9 Å². The predicted molar refractivity (Wildman–Crippen MR) is 86.6 cm³/mol. The van der Waals surface area contributed by atoms with E-state index in [1.165, 1.54) is 6.92 Å². The molecule has 1 amide bonds. The zero-order valence-electron chi connectivity index (χ0n) is 12.3. The summed E-state index contributed by atoms with van der Waals surface area (Å²) < 4.78 is 5.56. The van der Waals surface area contributed by atoms with Crippen molar-refractivity contribution in [2.24, 2.45) is 0 Å². The van der Waals surface area contributed by atoms with Crippen LogP contribution in [0.1, 0.15) is 24.2 Å². The van der Waals surface area contributed by atoms with Gasteiger partial charge in [-0.2, -0.15) is 0 Å². The number of amides is 1. The zero-order valence-corrected chi connectivity index (χ0v) is 13.1. The molecule has 4 nitrogen and oxygen atoms in total. The van der Waals surface area contributed by atoms with E-state index in [1.807, 2.05) is 0 Å². The fourth-order valence-corrected chi connectivity index (χ4v) is 1.93. The first-order valence-electron chi connectivity index (χ1n) is 6.80. The number of halogens is 1. The Morgan fingerprint density at radius 3 is 2.18 bits per heavy atom. The normalized spacial score (nSPS) is 11.6. The van der Waals surface area contributed by atoms with Gasteiger partial charge in [-0.15, -0.1) is 0 Å². The summed E-state index contributed by atoms with van der Waals surface area (Å²) in [5, 5.41) is 3.35. The van der Waals surface area contributed by atoms with Gasteiger partial charge in [-0.05, 0) is 62.4 Å². The van der Waals surface area contributed by atoms with Crippen molar-refractivity contribution >= 4 is 29.0 Å². The van der Waals surface area contributed by atoms with Crippen molar-refractivity contribution in [2.75, 3.05) is 5.32 Å². The molecule has 0 spiro atoms. The smallest absolute Gasteiger partial charge is 0.265 e. The third-order valence-electron chi connectivity index (χ3n) is 3.05. The number of ether oxygens (including phenoxy) is 1. The Morgan fingerprint density at radius 1 is 1.05 bits per heavy atom. The molecule has 1 N–H and O–H groups in total. The molecule has 0 aliphatic heterocycles. The maximum atomic E-state index is 12.1. The van der Waals surface area contributed by atoms with Gasteiger partial charge in [-0.25, -0.2) is 0 Å². The Labute approximate surface area is 134 Å². The van der Waals surface area contributed by atoms with Crippen molar-refractivity contribution in [1.82, 2.24) is 0 Å². The summed E-state index contributed by atoms with van der Waals surface area (Å²) in [6, 6.07) is 13.5. The largest absolute Gasteiger partial charge is 0.481 e. The topological polar surface area (TPSA) is 55.4 Å². The van der Waals surface area contributed by atoms with Gasteiger partial charge < -0.3 is 10.1 Å². The van der Waals surface area contributed by atoms with Crippen molar-refractivity contribution in [3.63, 3.8) is 0 Å². The molecular formula is C17H16ClNO3. The number of Topliss-reactive ketones (excluding diaryl/α,β-unsaturated/α-hetero) is 1. The quantitative estimate of drug-likeness (QED) is 0.850. The van der Waals surface area contributed by atoms with Gasteiger partial charge in [0.25, 0.3) is 5.91 Å². The Hall–Kier alpha value is -2.33. The monoisotopic (exact) mass is 317 g/mol. The maximum absolute atomic E-state index is 12.1. The lowest BCUT2D eigenvalue weighted by molar-refractivity contribution is -0.122. The van der Waals surface area contributed by atoms with Crippen molar-refractivity contribution in [3.05, 3.63) is 59.1 Å². The van der Waals surface area contributed by atoms with Crippen LogP contribution in [0.4, 0.5) is 5.69 Å². The SMILES string of the molecule is CC(=O)c1ccc(O[C@@H](C)C(=O)Nc2ccc(Cl)cc2)cc1. The number of hydrogen-bond acceptors (Lipinski definition) is 3. The average molecular weight is 318 g/mol. The third kappa shape index (κ3) is 4.33. The molecule has 0 aliphatic carbocycles. The first-order chi connectivity index (χ1) is 10.5. The molecular weight excluding hydrogens is 302 g/mol. The highest BCUT2D eigenvalue weighted by Crippen LogP contribution is 2.16. The highest BCUT2D eigenvalue weighted by Gasteiger charge is 2.15. The van der Waals surface area contributed by atoms with Crippen LogP contribution in [0, 0.1) is 0 Å². The fourth-order valence-electron chi connectivity index (χ4n) is 1.80. The van der Waals surface area contributed by atoms with Gasteiger partial charge in [0.05, 0.1) is 0 Å². The average Bonchev–Trinajstić information content (AvgIpc) is 2.50. The molecule has 0 fully saturated rings. The number of benzene rings is 2. The standard InChI is InChI=1S/C17H16ClNO3/c1-11(20)13-3-9-16(10-4-13)22-12(2)17(21)19-15-7-5-14(18)6-8-15/h3-10,12H,1-2H3,(H,19,21)/t12-/m0/s1. The molecule has 1 atom stereocenters. The first kappa shape index (κ1) is 16.0. The van der Waals surface area contributed by atoms with Gasteiger partial charge in [-0.1, -0.05) is 11.6 Å². The predicted octanol–water partition coefficient (Wildman–Crippen LogP) is 3.95. The lowest BCUT2D eigenvalue weighted by Gasteiger charge is -2.15. The lowest BCUT2D eigenvalue weighted by Crippen LogP contribution is -2.30. The molecule has 0 saturated carbocycles. The highest BCUT2D eigenvalue weighted by molar-refractivity contribution is 6.30. The Balaban J connectivity index is 1.95. The summed E-state index contributed by atoms with van der Waals surface area (Å²) in [4.78, 5) is 23.3. The summed E-state index contributed by atoms with van der Waals surface area (Å²) in [5.74, 6) is 0.252. The van der Waals surface area contributed by atoms with E-state index in [-0.39, 0.29) is 11.7 Å². The Kier molecular flexibility index (Phi) is 5.17. The Morgan fingerprint density at radius 2 is 1.64 bits per heavy atom. The van der Waals surface area contributed by atoms with Crippen molar-refractivity contribution in [2.45, 2.75) is 20.0 Å². The van der Waals surface area contributed by atoms with Crippen LogP contribution in [0.15, 0.2) is 48.5 Å². The second-order valence-electron chi connectivity index (χ2n) is 4.84. The lowest BCUT2D eigenvalue weighted by atomic mass is 10.1. The molecule has 2 aromatic rings. The number of carbonyl (C=O) groups is 2. The van der Waals surface area contributed by atoms with E-state index in [4.69, 9.17) is 16.3 Å². The summed E-state index contributed by atoms with van der Waals surface area (Å²) in [5.41, 5.74) is 1.25. The number of ketones is 1. The number of rotatable bonds is 5. The second-order valence-corrected chi connectivity index (χ2v) is 5.27. The van der Waals surface area contributed by atoms with Crippen LogP contribution in [0.5, 0.6) is 5.75 Å². The number of carbonyl (C=O) groups excluding carboxylic acids is 2. The van der Waals surface area contributed by atoms with Crippen LogP contribution in [-0.4, -0.2) is 17.8 Å². The van der Waals surface area contributed by atoms with Crippen LogP contribution >= 0.6 is 11.6 Å². The minimum absolute atomic E-state index is 0.0138. The molecule has 2 aromatic carbocycles. The van der Waals surface area contributed by atoms with E-state index in [0.29, 0.717) is 22.0 Å². The van der Waals surface area contributed by atoms with Crippen LogP contribution in [0.3, 0.4) is 0 Å². The minimum Gasteiger partial charge on any atom is -0.481 e. The fraction of sp³-hybridized carbons (Fsp3) is 0.176. The molecule has 0 radical (unpaired) electrons. The van der Waals surface area contributed by atoms with E-state index < -0.39 is 6.10 Å². The number of hydrogen-bond donors (Lipinski definition) is 1. The van der Waals surface area contributed by atoms with Crippen LogP contribution in [0.25, 0.3) is 0 Å². The summed E-state index contributed by atoms with van der Waals surface area (Å²) in [7, 11) is 0. The highest BCUT2D eigenvalue weighted by atomic mass is 35.5. The maximum Gasteiger partial charge on any atom is 0.265 e. The van der Waals surface area contributed by atoms with E-state index in [0.717, 1.165) is 0 Å². The molecule has 114 valence electrons. The van der Waals surface area contributed by atoms with Crippen LogP contribution < -0.4 is 10.1 Å². The van der Waals surface area contributed by atoms with Gasteiger partial charge >= 0.3 is 0 Å². The molecule has 0 unspecified atom stereocenters. The zero-order chi connectivity index (χ0) is 16.1. The van der Waals surface area contributed by atoms with Gasteiger partial charge in [-0.3, -0.25) is 9.59 Å². The summed E-state index contributed by atoms with van der Waals surface area (Å²) in [6.45, 7) is 3.15. The third-order valence-corrected chi connectivity index (χ3v) is 3.31. The molecule has 0 aromatic heterocycles. The summed E-state index contributed by atoms with van der Waals surface area (Å²) >= 11 is 5.79. The van der Waals surface area contributed by atoms with Crippen LogP contribution in [0.2, 0.25) is 5.02 Å². The molecule has 5 heteroatoms. The van der Waals surface area contributed by atoms with E-state index in [1.54, 1.807) is 55.5 Å². The second kappa shape index (κ2) is 7.09. The first-order valence-corrected chi connectivity index (χ1v) is 7.17. The Bertz CT molecular complexity index is 665. The molecule has 2 rings (SSSR count).